The highest BCUT2D eigenvalue weighted by Crippen LogP contribution is 2.32. The molecule has 7 nitrogen and oxygen atoms in total. The SMILES string of the molecule is CCCNC(=O)C(C)NC(=O)c1cccc(S(=O)(=O)N2CCc3ccccc32)c1. The van der Waals surface area contributed by atoms with Gasteiger partial charge >= 0.3 is 0 Å². The van der Waals surface area contributed by atoms with Crippen LogP contribution in [0.1, 0.15) is 36.2 Å². The van der Waals surface area contributed by atoms with Crippen molar-refractivity contribution in [1.82, 2.24) is 10.6 Å². The van der Waals surface area contributed by atoms with E-state index in [1.807, 2.05) is 25.1 Å². The summed E-state index contributed by atoms with van der Waals surface area (Å²) in [6.07, 6.45) is 1.45. The van der Waals surface area contributed by atoms with E-state index in [-0.39, 0.29) is 16.4 Å². The summed E-state index contributed by atoms with van der Waals surface area (Å²) in [5, 5.41) is 5.32. The number of sulfonamides is 1. The molecule has 0 fully saturated rings. The lowest BCUT2D eigenvalue weighted by atomic mass is 10.2. The minimum Gasteiger partial charge on any atom is -0.354 e. The first-order valence-electron chi connectivity index (χ1n) is 9.64. The Morgan fingerprint density at radius 3 is 2.66 bits per heavy atom. The van der Waals surface area contributed by atoms with E-state index in [0.717, 1.165) is 12.0 Å². The smallest absolute Gasteiger partial charge is 0.264 e. The Labute approximate surface area is 171 Å². The van der Waals surface area contributed by atoms with Crippen molar-refractivity contribution in [2.45, 2.75) is 37.6 Å². The third-order valence-corrected chi connectivity index (χ3v) is 6.63. The van der Waals surface area contributed by atoms with Gasteiger partial charge in [0.1, 0.15) is 6.04 Å². The van der Waals surface area contributed by atoms with E-state index >= 15 is 0 Å². The van der Waals surface area contributed by atoms with Gasteiger partial charge in [0, 0.05) is 18.7 Å². The molecule has 1 heterocycles. The number of amides is 2. The molecule has 1 unspecified atom stereocenters. The van der Waals surface area contributed by atoms with Crippen LogP contribution < -0.4 is 14.9 Å². The standard InChI is InChI=1S/C21H25N3O4S/c1-3-12-22-20(25)15(2)23-21(26)17-8-6-9-18(14-17)29(27,28)24-13-11-16-7-4-5-10-19(16)24/h4-10,14-15H,3,11-13H2,1-2H3,(H,22,25)(H,23,26). The predicted molar refractivity (Wildman–Crippen MR) is 111 cm³/mol. The number of benzene rings is 2. The highest BCUT2D eigenvalue weighted by Gasteiger charge is 2.31. The van der Waals surface area contributed by atoms with Crippen LogP contribution in [0.5, 0.6) is 0 Å². The molecule has 2 aromatic carbocycles. The Hall–Kier alpha value is -2.87. The zero-order chi connectivity index (χ0) is 21.0. The topological polar surface area (TPSA) is 95.6 Å². The zero-order valence-corrected chi connectivity index (χ0v) is 17.3. The fourth-order valence-electron chi connectivity index (χ4n) is 3.23. The van der Waals surface area contributed by atoms with Crippen LogP contribution >= 0.6 is 0 Å². The third kappa shape index (κ3) is 4.42. The fourth-order valence-corrected chi connectivity index (χ4v) is 4.78. The van der Waals surface area contributed by atoms with Crippen LogP contribution in [0.25, 0.3) is 0 Å². The van der Waals surface area contributed by atoms with E-state index in [4.69, 9.17) is 0 Å². The molecule has 2 aromatic rings. The summed E-state index contributed by atoms with van der Waals surface area (Å²) in [6.45, 7) is 4.43. The van der Waals surface area contributed by atoms with E-state index in [1.54, 1.807) is 13.0 Å². The maximum absolute atomic E-state index is 13.2. The Kier molecular flexibility index (Phi) is 6.22. The van der Waals surface area contributed by atoms with Crippen LogP contribution in [0.3, 0.4) is 0 Å². The van der Waals surface area contributed by atoms with E-state index < -0.39 is 22.0 Å². The van der Waals surface area contributed by atoms with Crippen LogP contribution in [0, 0.1) is 0 Å². The number of anilines is 1. The molecule has 0 radical (unpaired) electrons. The van der Waals surface area contributed by atoms with Gasteiger partial charge < -0.3 is 10.6 Å². The monoisotopic (exact) mass is 415 g/mol. The average molecular weight is 416 g/mol. The van der Waals surface area contributed by atoms with Gasteiger partial charge in [-0.15, -0.1) is 0 Å². The Morgan fingerprint density at radius 1 is 1.14 bits per heavy atom. The van der Waals surface area contributed by atoms with Crippen LogP contribution in [0.2, 0.25) is 0 Å². The molecule has 3 rings (SSSR count). The van der Waals surface area contributed by atoms with Gasteiger partial charge in [-0.2, -0.15) is 0 Å². The molecular formula is C21H25N3O4S. The molecule has 0 spiro atoms. The van der Waals surface area contributed by atoms with Crippen molar-refractivity contribution in [2.75, 3.05) is 17.4 Å². The second kappa shape index (κ2) is 8.65. The van der Waals surface area contributed by atoms with Crippen molar-refractivity contribution in [3.05, 3.63) is 59.7 Å². The summed E-state index contributed by atoms with van der Waals surface area (Å²) in [4.78, 5) is 24.5. The minimum absolute atomic E-state index is 0.0462. The molecule has 2 amide bonds. The van der Waals surface area contributed by atoms with E-state index in [0.29, 0.717) is 25.2 Å². The highest BCUT2D eigenvalue weighted by molar-refractivity contribution is 7.92. The molecule has 0 bridgehead atoms. The quantitative estimate of drug-likeness (QED) is 0.724. The first-order valence-corrected chi connectivity index (χ1v) is 11.1. The van der Waals surface area contributed by atoms with Gasteiger partial charge in [0.05, 0.1) is 10.6 Å². The second-order valence-corrected chi connectivity index (χ2v) is 8.83. The molecule has 1 aliphatic rings. The van der Waals surface area contributed by atoms with Gasteiger partial charge in [-0.3, -0.25) is 13.9 Å². The maximum Gasteiger partial charge on any atom is 0.264 e. The number of para-hydroxylation sites is 1. The first-order chi connectivity index (χ1) is 13.8. The largest absolute Gasteiger partial charge is 0.354 e. The van der Waals surface area contributed by atoms with Gasteiger partial charge in [0.2, 0.25) is 5.91 Å². The molecule has 0 aromatic heterocycles. The van der Waals surface area contributed by atoms with Crippen molar-refractivity contribution in [1.29, 1.82) is 0 Å². The summed E-state index contributed by atoms with van der Waals surface area (Å²) < 4.78 is 27.7. The van der Waals surface area contributed by atoms with E-state index in [2.05, 4.69) is 10.6 Å². The summed E-state index contributed by atoms with van der Waals surface area (Å²) in [6, 6.07) is 12.6. The van der Waals surface area contributed by atoms with Crippen molar-refractivity contribution < 1.29 is 18.0 Å². The second-order valence-electron chi connectivity index (χ2n) is 6.97. The lowest BCUT2D eigenvalue weighted by molar-refractivity contribution is -0.122. The molecule has 29 heavy (non-hydrogen) atoms. The molecule has 0 saturated heterocycles. The molecule has 154 valence electrons. The molecule has 8 heteroatoms. The third-order valence-electron chi connectivity index (χ3n) is 4.82. The Morgan fingerprint density at radius 2 is 1.90 bits per heavy atom. The van der Waals surface area contributed by atoms with Crippen LogP contribution in [0.15, 0.2) is 53.4 Å². The number of nitrogens with zero attached hydrogens (tertiary/aromatic N) is 1. The van der Waals surface area contributed by atoms with Gasteiger partial charge in [-0.05, 0) is 49.6 Å². The molecule has 0 saturated carbocycles. The minimum atomic E-state index is -3.79. The number of hydrogen-bond acceptors (Lipinski definition) is 4. The summed E-state index contributed by atoms with van der Waals surface area (Å²) in [5.74, 6) is -0.777. The molecule has 1 atom stereocenters. The Bertz CT molecular complexity index is 1020. The van der Waals surface area contributed by atoms with Crippen LogP contribution in [-0.4, -0.2) is 39.4 Å². The predicted octanol–water partition coefficient (Wildman–Crippen LogP) is 2.08. The Balaban J connectivity index is 1.79. The van der Waals surface area contributed by atoms with Crippen molar-refractivity contribution in [3.8, 4) is 0 Å². The lowest BCUT2D eigenvalue weighted by Crippen LogP contribution is -2.45. The number of carbonyl (C=O) groups excluding carboxylic acids is 2. The molecular weight excluding hydrogens is 390 g/mol. The average Bonchev–Trinajstić information content (AvgIpc) is 3.17. The van der Waals surface area contributed by atoms with Gasteiger partial charge in [0.25, 0.3) is 15.9 Å². The highest BCUT2D eigenvalue weighted by atomic mass is 32.2. The maximum atomic E-state index is 13.2. The van der Waals surface area contributed by atoms with Gasteiger partial charge in [-0.25, -0.2) is 8.42 Å². The summed E-state index contributed by atoms with van der Waals surface area (Å²) >= 11 is 0. The van der Waals surface area contributed by atoms with Crippen LogP contribution in [-0.2, 0) is 21.2 Å². The molecule has 0 aliphatic carbocycles. The van der Waals surface area contributed by atoms with Crippen molar-refractivity contribution >= 4 is 27.5 Å². The van der Waals surface area contributed by atoms with Gasteiger partial charge in [-0.1, -0.05) is 31.2 Å². The van der Waals surface area contributed by atoms with Crippen molar-refractivity contribution in [3.63, 3.8) is 0 Å². The fraction of sp³-hybridized carbons (Fsp3) is 0.333. The lowest BCUT2D eigenvalue weighted by Gasteiger charge is -2.20. The van der Waals surface area contributed by atoms with E-state index in [9.17, 15) is 18.0 Å². The number of rotatable bonds is 7. The number of fused-ring (bicyclic) bond motifs is 1. The van der Waals surface area contributed by atoms with E-state index in [1.165, 1.54) is 28.6 Å². The molecule has 2 N–H and O–H groups in total. The normalized spacial score (nSPS) is 14.2. The van der Waals surface area contributed by atoms with Crippen LogP contribution in [0.4, 0.5) is 5.69 Å². The van der Waals surface area contributed by atoms with Crippen molar-refractivity contribution in [2.24, 2.45) is 0 Å². The number of hydrogen-bond donors (Lipinski definition) is 2. The summed E-state index contributed by atoms with van der Waals surface area (Å²) in [5.41, 5.74) is 1.84. The number of nitrogens with one attached hydrogen (secondary N) is 2. The number of carbonyl (C=O) groups is 2. The van der Waals surface area contributed by atoms with Gasteiger partial charge in [0.15, 0.2) is 0 Å². The zero-order valence-electron chi connectivity index (χ0n) is 16.5. The first kappa shape index (κ1) is 20.9. The molecule has 1 aliphatic heterocycles. The summed E-state index contributed by atoms with van der Waals surface area (Å²) in [7, 11) is -3.79.